The molecule has 4 rings (SSSR count). The summed E-state index contributed by atoms with van der Waals surface area (Å²) in [4.78, 5) is 39.5. The van der Waals surface area contributed by atoms with E-state index in [4.69, 9.17) is 4.74 Å². The summed E-state index contributed by atoms with van der Waals surface area (Å²) >= 11 is 0. The number of benzene rings is 1. The summed E-state index contributed by atoms with van der Waals surface area (Å²) in [6.07, 6.45) is 5.47. The van der Waals surface area contributed by atoms with E-state index in [0.717, 1.165) is 5.56 Å². The number of rotatable bonds is 3. The molecule has 1 amide bonds. The van der Waals surface area contributed by atoms with Crippen molar-refractivity contribution in [2.75, 3.05) is 0 Å². The van der Waals surface area contributed by atoms with Gasteiger partial charge in [-0.2, -0.15) is 0 Å². The second kappa shape index (κ2) is 10.2. The number of Topliss-reactive ketones (excluding diaryl/α,β-unsaturated/α-hetero) is 1. The minimum absolute atomic E-state index is 0.0926. The van der Waals surface area contributed by atoms with Crippen molar-refractivity contribution in [3.05, 3.63) is 60.2 Å². The summed E-state index contributed by atoms with van der Waals surface area (Å²) < 4.78 is 5.84. The molecule has 1 heterocycles. The van der Waals surface area contributed by atoms with Crippen LogP contribution >= 0.6 is 0 Å². The van der Waals surface area contributed by atoms with Gasteiger partial charge in [0.25, 0.3) is 0 Å². The standard InChI is InChI=1S/C30H39NO6/c1-17-10-9-13-22-26(33)19(3)18(2)25-23(16-21-11-7-6-8-12-21)31-28(35)30(22,25)24(37-20(4)32)14-15-29(5,36)27(17)34/h6-9,11-15,17-19,22-26,33,36H,10,16H2,1-5H3,(H,31,35)/b13-9+,15-14+/t17-,18+,19-,22-,23-,24+,25-,26+,29+,30+/m0/s1. The minimum Gasteiger partial charge on any atom is -0.457 e. The lowest BCUT2D eigenvalue weighted by Gasteiger charge is -2.54. The van der Waals surface area contributed by atoms with Crippen LogP contribution in [0.15, 0.2) is 54.6 Å². The van der Waals surface area contributed by atoms with Crippen molar-refractivity contribution in [3.63, 3.8) is 0 Å². The van der Waals surface area contributed by atoms with E-state index in [-0.39, 0.29) is 35.5 Å². The van der Waals surface area contributed by atoms with Crippen LogP contribution < -0.4 is 5.32 Å². The number of aliphatic hydroxyl groups excluding tert-OH is 1. The Kier molecular flexibility index (Phi) is 7.50. The Balaban J connectivity index is 1.94. The fraction of sp³-hybridized carbons (Fsp3) is 0.567. The van der Waals surface area contributed by atoms with Gasteiger partial charge < -0.3 is 20.3 Å². The molecule has 1 spiro atoms. The number of aliphatic hydroxyl groups is 2. The molecule has 1 saturated heterocycles. The molecule has 3 aliphatic rings. The SMILES string of the molecule is CC(=O)O[C@@H]1/C=C/[C@@](C)(O)C(=O)[C@@H](C)C/C=C/[C@H]2[C@H](O)[C@@H](C)[C@@H](C)[C@H]3[C@H](Cc4ccccc4)NC(=O)[C@@]312. The molecule has 7 nitrogen and oxygen atoms in total. The Labute approximate surface area is 219 Å². The molecule has 3 N–H and O–H groups in total. The molecule has 1 aromatic rings. The molecule has 2 fully saturated rings. The highest BCUT2D eigenvalue weighted by atomic mass is 16.5. The number of carbonyl (C=O) groups excluding carboxylic acids is 3. The second-order valence-electron chi connectivity index (χ2n) is 11.4. The number of ether oxygens (including phenoxy) is 1. The van der Waals surface area contributed by atoms with E-state index in [1.54, 1.807) is 6.92 Å². The van der Waals surface area contributed by atoms with Gasteiger partial charge in [0.05, 0.1) is 6.10 Å². The van der Waals surface area contributed by atoms with Crippen LogP contribution in [0.3, 0.4) is 0 Å². The molecule has 0 aromatic heterocycles. The van der Waals surface area contributed by atoms with Crippen molar-refractivity contribution in [1.82, 2.24) is 5.32 Å². The van der Waals surface area contributed by atoms with Crippen LogP contribution in [0.25, 0.3) is 0 Å². The van der Waals surface area contributed by atoms with E-state index in [1.165, 1.54) is 26.0 Å². The molecular formula is C30H39NO6. The maximum absolute atomic E-state index is 14.2. The molecule has 2 aliphatic carbocycles. The van der Waals surface area contributed by atoms with Gasteiger partial charge in [-0.25, -0.2) is 0 Å². The molecular weight excluding hydrogens is 470 g/mol. The number of esters is 1. The number of nitrogens with one attached hydrogen (secondary N) is 1. The van der Waals surface area contributed by atoms with Crippen molar-refractivity contribution in [2.24, 2.45) is 35.0 Å². The summed E-state index contributed by atoms with van der Waals surface area (Å²) in [5.41, 5.74) is -2.06. The third-order valence-corrected chi connectivity index (χ3v) is 8.99. The van der Waals surface area contributed by atoms with Gasteiger partial charge >= 0.3 is 5.97 Å². The van der Waals surface area contributed by atoms with Crippen LogP contribution in [0.4, 0.5) is 0 Å². The largest absolute Gasteiger partial charge is 0.457 e. The van der Waals surface area contributed by atoms with Gasteiger partial charge in [-0.3, -0.25) is 14.4 Å². The molecule has 1 aromatic carbocycles. The van der Waals surface area contributed by atoms with E-state index in [1.807, 2.05) is 56.3 Å². The van der Waals surface area contributed by atoms with E-state index >= 15 is 0 Å². The van der Waals surface area contributed by atoms with Crippen molar-refractivity contribution >= 4 is 17.7 Å². The Morgan fingerprint density at radius 1 is 1.11 bits per heavy atom. The van der Waals surface area contributed by atoms with Gasteiger partial charge in [0, 0.05) is 30.7 Å². The monoisotopic (exact) mass is 509 g/mol. The lowest BCUT2D eigenvalue weighted by Crippen LogP contribution is -2.62. The van der Waals surface area contributed by atoms with Crippen LogP contribution in [0.1, 0.15) is 46.6 Å². The molecule has 1 saturated carbocycles. The summed E-state index contributed by atoms with van der Waals surface area (Å²) in [5.74, 6) is -2.90. The zero-order chi connectivity index (χ0) is 27.1. The maximum atomic E-state index is 14.2. The lowest BCUT2D eigenvalue weighted by molar-refractivity contribution is -0.177. The Hall–Kier alpha value is -2.77. The van der Waals surface area contributed by atoms with Gasteiger partial charge in [-0.15, -0.1) is 0 Å². The molecule has 200 valence electrons. The molecule has 7 heteroatoms. The van der Waals surface area contributed by atoms with Crippen LogP contribution in [0.5, 0.6) is 0 Å². The average Bonchev–Trinajstić information content (AvgIpc) is 3.13. The van der Waals surface area contributed by atoms with E-state index in [9.17, 15) is 24.6 Å². The second-order valence-corrected chi connectivity index (χ2v) is 11.4. The molecule has 0 bridgehead atoms. The molecule has 0 unspecified atom stereocenters. The Morgan fingerprint density at radius 2 is 1.78 bits per heavy atom. The number of hydrogen-bond acceptors (Lipinski definition) is 6. The van der Waals surface area contributed by atoms with Crippen LogP contribution in [-0.4, -0.2) is 51.7 Å². The van der Waals surface area contributed by atoms with Gasteiger partial charge in [-0.1, -0.05) is 63.3 Å². The number of allylic oxidation sites excluding steroid dienone is 1. The molecule has 10 atom stereocenters. The maximum Gasteiger partial charge on any atom is 0.303 e. The fourth-order valence-corrected chi connectivity index (χ4v) is 6.98. The Bertz CT molecular complexity index is 1090. The van der Waals surface area contributed by atoms with Crippen molar-refractivity contribution < 1.29 is 29.3 Å². The highest BCUT2D eigenvalue weighted by Crippen LogP contribution is 2.59. The quantitative estimate of drug-likeness (QED) is 0.427. The average molecular weight is 510 g/mol. The van der Waals surface area contributed by atoms with Crippen molar-refractivity contribution in [1.29, 1.82) is 0 Å². The first kappa shape index (κ1) is 27.3. The molecule has 37 heavy (non-hydrogen) atoms. The number of ketones is 1. The normalized spacial score (nSPS) is 43.5. The fourth-order valence-electron chi connectivity index (χ4n) is 6.98. The number of carbonyl (C=O) groups is 3. The third-order valence-electron chi connectivity index (χ3n) is 8.99. The number of amides is 1. The lowest BCUT2D eigenvalue weighted by atomic mass is 9.50. The highest BCUT2D eigenvalue weighted by Gasteiger charge is 2.69. The van der Waals surface area contributed by atoms with Gasteiger partial charge in [-0.05, 0) is 49.3 Å². The minimum atomic E-state index is -1.80. The summed E-state index contributed by atoms with van der Waals surface area (Å²) in [7, 11) is 0. The first-order valence-corrected chi connectivity index (χ1v) is 13.2. The number of hydrogen-bond donors (Lipinski definition) is 3. The Morgan fingerprint density at radius 3 is 2.43 bits per heavy atom. The van der Waals surface area contributed by atoms with E-state index in [2.05, 4.69) is 5.32 Å². The highest BCUT2D eigenvalue weighted by molar-refractivity contribution is 5.91. The predicted molar refractivity (Wildman–Crippen MR) is 139 cm³/mol. The van der Waals surface area contributed by atoms with Crippen molar-refractivity contribution in [3.8, 4) is 0 Å². The van der Waals surface area contributed by atoms with Gasteiger partial charge in [0.15, 0.2) is 5.78 Å². The zero-order valence-electron chi connectivity index (χ0n) is 22.3. The zero-order valence-corrected chi connectivity index (χ0v) is 22.3. The van der Waals surface area contributed by atoms with Crippen LogP contribution in [0, 0.1) is 35.0 Å². The molecule has 0 radical (unpaired) electrons. The van der Waals surface area contributed by atoms with Crippen LogP contribution in [0.2, 0.25) is 0 Å². The predicted octanol–water partition coefficient (Wildman–Crippen LogP) is 3.00. The third kappa shape index (κ3) is 4.68. The first-order chi connectivity index (χ1) is 17.4. The van der Waals surface area contributed by atoms with Gasteiger partial charge in [0.2, 0.25) is 5.91 Å². The topological polar surface area (TPSA) is 113 Å². The van der Waals surface area contributed by atoms with Crippen LogP contribution in [-0.2, 0) is 25.5 Å². The molecule has 1 aliphatic heterocycles. The van der Waals surface area contributed by atoms with Gasteiger partial charge in [0.1, 0.15) is 17.1 Å². The van der Waals surface area contributed by atoms with Crippen molar-refractivity contribution in [2.45, 2.75) is 71.3 Å². The summed E-state index contributed by atoms with van der Waals surface area (Å²) in [6, 6.07) is 9.65. The summed E-state index contributed by atoms with van der Waals surface area (Å²) in [6.45, 7) is 8.47. The summed E-state index contributed by atoms with van der Waals surface area (Å²) in [5, 5.41) is 25.8. The van der Waals surface area contributed by atoms with E-state index in [0.29, 0.717) is 12.8 Å². The smallest absolute Gasteiger partial charge is 0.303 e. The first-order valence-electron chi connectivity index (χ1n) is 13.2. The van der Waals surface area contributed by atoms with E-state index < -0.39 is 41.0 Å².